The Bertz CT molecular complexity index is 1350. The highest BCUT2D eigenvalue weighted by molar-refractivity contribution is 5.84. The lowest BCUT2D eigenvalue weighted by Gasteiger charge is -2.15. The normalized spacial score (nSPS) is 12.2. The van der Waals surface area contributed by atoms with Crippen LogP contribution in [0.4, 0.5) is 0 Å². The average Bonchev–Trinajstić information content (AvgIpc) is 3.13. The fourth-order valence-corrected chi connectivity index (χ4v) is 3.80. The molecule has 0 radical (unpaired) electrons. The van der Waals surface area contributed by atoms with Gasteiger partial charge in [0, 0.05) is 6.54 Å². The van der Waals surface area contributed by atoms with E-state index in [0.717, 1.165) is 33.5 Å². The van der Waals surface area contributed by atoms with E-state index in [1.54, 1.807) is 11.6 Å². The quantitative estimate of drug-likeness (QED) is 0.525. The van der Waals surface area contributed by atoms with Gasteiger partial charge in [0.25, 0.3) is 5.56 Å². The maximum Gasteiger partial charge on any atom is 0.295 e. The molecular formula is C25H27N5O2. The van der Waals surface area contributed by atoms with Crippen LogP contribution in [0.15, 0.2) is 53.3 Å². The third-order valence-corrected chi connectivity index (χ3v) is 5.76. The number of aromatic nitrogens is 4. The van der Waals surface area contributed by atoms with Crippen molar-refractivity contribution in [2.75, 3.05) is 0 Å². The molecule has 2 aromatic carbocycles. The van der Waals surface area contributed by atoms with Crippen molar-refractivity contribution in [1.82, 2.24) is 24.9 Å². The van der Waals surface area contributed by atoms with E-state index in [2.05, 4.69) is 15.5 Å². The van der Waals surface area contributed by atoms with Crippen LogP contribution in [-0.4, -0.2) is 25.5 Å². The number of fused-ring (bicyclic) bond motifs is 1. The minimum Gasteiger partial charge on any atom is -0.350 e. The molecule has 1 amide bonds. The topological polar surface area (TPSA) is 81.8 Å². The zero-order valence-corrected chi connectivity index (χ0v) is 19.0. The van der Waals surface area contributed by atoms with E-state index in [1.807, 2.05) is 76.2 Å². The lowest BCUT2D eigenvalue weighted by atomic mass is 10.1. The maximum absolute atomic E-state index is 13.2. The van der Waals surface area contributed by atoms with Crippen LogP contribution in [0.25, 0.3) is 16.6 Å². The minimum atomic E-state index is -0.763. The van der Waals surface area contributed by atoms with Gasteiger partial charge in [-0.05, 0) is 52.3 Å². The first-order valence-corrected chi connectivity index (χ1v) is 10.7. The summed E-state index contributed by atoms with van der Waals surface area (Å²) >= 11 is 0. The molecule has 1 atom stereocenters. The Labute approximate surface area is 186 Å². The molecule has 7 nitrogen and oxygen atoms in total. The molecule has 0 aliphatic heterocycles. The van der Waals surface area contributed by atoms with E-state index in [-0.39, 0.29) is 11.5 Å². The molecule has 2 aromatic heterocycles. The molecule has 0 saturated heterocycles. The van der Waals surface area contributed by atoms with Crippen LogP contribution in [0.5, 0.6) is 0 Å². The summed E-state index contributed by atoms with van der Waals surface area (Å²) in [7, 11) is 0. The first-order valence-electron chi connectivity index (χ1n) is 10.7. The van der Waals surface area contributed by atoms with Crippen molar-refractivity contribution >= 4 is 16.8 Å². The molecule has 0 bridgehead atoms. The Kier molecular flexibility index (Phi) is 5.65. The molecule has 0 aliphatic carbocycles. The third kappa shape index (κ3) is 3.93. The van der Waals surface area contributed by atoms with Crippen LogP contribution in [0, 0.1) is 27.7 Å². The molecule has 4 rings (SSSR count). The second kappa shape index (κ2) is 8.42. The van der Waals surface area contributed by atoms with E-state index >= 15 is 0 Å². The Morgan fingerprint density at radius 3 is 2.16 bits per heavy atom. The van der Waals surface area contributed by atoms with E-state index < -0.39 is 6.04 Å². The summed E-state index contributed by atoms with van der Waals surface area (Å²) in [6, 6.07) is 15.1. The van der Waals surface area contributed by atoms with E-state index in [9.17, 15) is 9.59 Å². The van der Waals surface area contributed by atoms with E-state index in [0.29, 0.717) is 17.8 Å². The first-order chi connectivity index (χ1) is 15.3. The zero-order valence-electron chi connectivity index (χ0n) is 19.0. The SMILES string of the molecule is Cc1ccc(CNC(=O)[C@H](C)n2nc(C)c3c(C)n(-c4ccc(C)cc4)nc3c2=O)cc1. The molecule has 0 saturated carbocycles. The van der Waals surface area contributed by atoms with Gasteiger partial charge in [-0.15, -0.1) is 0 Å². The van der Waals surface area contributed by atoms with Gasteiger partial charge in [0.1, 0.15) is 6.04 Å². The van der Waals surface area contributed by atoms with Crippen molar-refractivity contribution in [1.29, 1.82) is 0 Å². The van der Waals surface area contributed by atoms with Gasteiger partial charge in [0.05, 0.1) is 22.5 Å². The molecule has 0 aliphatic rings. The molecule has 32 heavy (non-hydrogen) atoms. The second-order valence-corrected chi connectivity index (χ2v) is 8.27. The van der Waals surface area contributed by atoms with Gasteiger partial charge in [0.15, 0.2) is 5.52 Å². The van der Waals surface area contributed by atoms with Gasteiger partial charge >= 0.3 is 0 Å². The van der Waals surface area contributed by atoms with E-state index in [1.165, 1.54) is 4.68 Å². The predicted molar refractivity (Wildman–Crippen MR) is 125 cm³/mol. The molecule has 0 unspecified atom stereocenters. The molecule has 1 N–H and O–H groups in total. The van der Waals surface area contributed by atoms with Gasteiger partial charge in [-0.25, -0.2) is 9.36 Å². The molecule has 0 fully saturated rings. The van der Waals surface area contributed by atoms with Gasteiger partial charge < -0.3 is 5.32 Å². The summed E-state index contributed by atoms with van der Waals surface area (Å²) in [5.41, 5.74) is 5.62. The van der Waals surface area contributed by atoms with Crippen molar-refractivity contribution < 1.29 is 4.79 Å². The highest BCUT2D eigenvalue weighted by Crippen LogP contribution is 2.22. The van der Waals surface area contributed by atoms with Crippen LogP contribution >= 0.6 is 0 Å². The predicted octanol–water partition coefficient (Wildman–Crippen LogP) is 3.69. The van der Waals surface area contributed by atoms with Crippen molar-refractivity contribution in [2.45, 2.75) is 47.2 Å². The highest BCUT2D eigenvalue weighted by Gasteiger charge is 2.23. The number of aryl methyl sites for hydroxylation is 4. The maximum atomic E-state index is 13.2. The molecule has 4 aromatic rings. The Morgan fingerprint density at radius 1 is 0.938 bits per heavy atom. The summed E-state index contributed by atoms with van der Waals surface area (Å²) in [5.74, 6) is -0.270. The molecular weight excluding hydrogens is 402 g/mol. The van der Waals surface area contributed by atoms with Crippen LogP contribution in [-0.2, 0) is 11.3 Å². The van der Waals surface area contributed by atoms with Crippen molar-refractivity contribution in [3.05, 3.63) is 87.0 Å². The fourth-order valence-electron chi connectivity index (χ4n) is 3.80. The number of rotatable bonds is 5. The third-order valence-electron chi connectivity index (χ3n) is 5.76. The number of hydrogen-bond donors (Lipinski definition) is 1. The number of benzene rings is 2. The van der Waals surface area contributed by atoms with Crippen molar-refractivity contribution in [3.8, 4) is 5.69 Å². The molecule has 164 valence electrons. The Hall–Kier alpha value is -3.74. The summed E-state index contributed by atoms with van der Waals surface area (Å²) in [6.45, 7) is 9.86. The first kappa shape index (κ1) is 21.5. The standard InChI is InChI=1S/C25H27N5O2/c1-15-6-10-20(11-7-15)14-26-24(31)19(5)30-25(32)23-22(17(3)27-30)18(4)29(28-23)21-12-8-16(2)9-13-21/h6-13,19H,14H2,1-5H3,(H,26,31)/t19-/m0/s1. The Balaban J connectivity index is 1.66. The molecule has 7 heteroatoms. The number of amides is 1. The van der Waals surface area contributed by atoms with Gasteiger partial charge in [-0.3, -0.25) is 9.59 Å². The van der Waals surface area contributed by atoms with Crippen LogP contribution in [0.2, 0.25) is 0 Å². The smallest absolute Gasteiger partial charge is 0.295 e. The van der Waals surface area contributed by atoms with Gasteiger partial charge in [0.2, 0.25) is 5.91 Å². The summed E-state index contributed by atoms with van der Waals surface area (Å²) in [5, 5.41) is 12.7. The van der Waals surface area contributed by atoms with E-state index in [4.69, 9.17) is 0 Å². The summed E-state index contributed by atoms with van der Waals surface area (Å²) in [4.78, 5) is 26.0. The zero-order chi connectivity index (χ0) is 23.0. The lowest BCUT2D eigenvalue weighted by Crippen LogP contribution is -2.37. The monoisotopic (exact) mass is 429 g/mol. The van der Waals surface area contributed by atoms with Crippen LogP contribution < -0.4 is 10.9 Å². The van der Waals surface area contributed by atoms with Crippen molar-refractivity contribution in [2.24, 2.45) is 0 Å². The largest absolute Gasteiger partial charge is 0.350 e. The number of carbonyl (C=O) groups excluding carboxylic acids is 1. The second-order valence-electron chi connectivity index (χ2n) is 8.27. The summed E-state index contributed by atoms with van der Waals surface area (Å²) < 4.78 is 2.99. The summed E-state index contributed by atoms with van der Waals surface area (Å²) in [6.07, 6.45) is 0. The fraction of sp³-hybridized carbons (Fsp3) is 0.280. The van der Waals surface area contributed by atoms with Gasteiger partial charge in [-0.2, -0.15) is 10.2 Å². The van der Waals surface area contributed by atoms with Gasteiger partial charge in [-0.1, -0.05) is 47.5 Å². The lowest BCUT2D eigenvalue weighted by molar-refractivity contribution is -0.124. The number of nitrogens with one attached hydrogen (secondary N) is 1. The van der Waals surface area contributed by atoms with Crippen LogP contribution in [0.3, 0.4) is 0 Å². The molecule has 2 heterocycles. The minimum absolute atomic E-state index is 0.270. The van der Waals surface area contributed by atoms with Crippen LogP contribution in [0.1, 0.15) is 41.0 Å². The molecule has 0 spiro atoms. The Morgan fingerprint density at radius 2 is 1.53 bits per heavy atom. The average molecular weight is 430 g/mol. The highest BCUT2D eigenvalue weighted by atomic mass is 16.2. The number of hydrogen-bond acceptors (Lipinski definition) is 4. The number of carbonyl (C=O) groups is 1. The van der Waals surface area contributed by atoms with Crippen molar-refractivity contribution in [3.63, 3.8) is 0 Å². The number of nitrogens with zero attached hydrogens (tertiary/aromatic N) is 4.